The summed E-state index contributed by atoms with van der Waals surface area (Å²) < 4.78 is 26.6. The summed E-state index contributed by atoms with van der Waals surface area (Å²) in [6.45, 7) is 0. The Labute approximate surface area is 142 Å². The number of carbonyl (C=O) groups excluding carboxylic acids is 1. The molecule has 0 bridgehead atoms. The summed E-state index contributed by atoms with van der Waals surface area (Å²) in [6, 6.07) is 6.42. The van der Waals surface area contributed by atoms with E-state index in [1.54, 1.807) is 24.4 Å². The maximum Gasteiger partial charge on any atom is 0.253 e. The molecule has 1 amide bonds. The van der Waals surface area contributed by atoms with E-state index in [1.165, 1.54) is 0 Å². The lowest BCUT2D eigenvalue weighted by atomic mass is 9.76. The Morgan fingerprint density at radius 3 is 2.62 bits per heavy atom. The Kier molecular flexibility index (Phi) is 4.78. The van der Waals surface area contributed by atoms with Crippen LogP contribution in [-0.2, 0) is 0 Å². The minimum atomic E-state index is -1.14. The molecular weight excluding hydrogens is 338 g/mol. The molecule has 2 aromatic rings. The van der Waals surface area contributed by atoms with Crippen LogP contribution < -0.4 is 5.32 Å². The van der Waals surface area contributed by atoms with Gasteiger partial charge in [0.1, 0.15) is 0 Å². The molecule has 1 fully saturated rings. The number of nitrogens with zero attached hydrogens (tertiary/aromatic N) is 1. The molecule has 1 aliphatic carbocycles. The van der Waals surface area contributed by atoms with Crippen LogP contribution in [0, 0.1) is 17.6 Å². The number of benzene rings is 1. The van der Waals surface area contributed by atoms with Crippen molar-refractivity contribution in [3.63, 3.8) is 0 Å². The first-order valence-electron chi connectivity index (χ1n) is 7.50. The molecular formula is C17H15ClF2N2O2. The predicted octanol–water partition coefficient (Wildman–Crippen LogP) is 3.26. The lowest BCUT2D eigenvalue weighted by molar-refractivity contribution is 0.0228. The van der Waals surface area contributed by atoms with Crippen LogP contribution in [0.3, 0.4) is 0 Å². The van der Waals surface area contributed by atoms with Crippen molar-refractivity contribution in [3.8, 4) is 0 Å². The van der Waals surface area contributed by atoms with E-state index in [1.807, 2.05) is 0 Å². The Bertz CT molecular complexity index is 752. The van der Waals surface area contributed by atoms with Crippen molar-refractivity contribution in [1.29, 1.82) is 0 Å². The van der Waals surface area contributed by atoms with Gasteiger partial charge in [-0.15, -0.1) is 0 Å². The van der Waals surface area contributed by atoms with E-state index in [4.69, 9.17) is 11.6 Å². The van der Waals surface area contributed by atoms with Crippen LogP contribution in [0.25, 0.3) is 0 Å². The van der Waals surface area contributed by atoms with Gasteiger partial charge in [0.25, 0.3) is 5.91 Å². The van der Waals surface area contributed by atoms with Crippen molar-refractivity contribution < 1.29 is 18.7 Å². The average molecular weight is 353 g/mol. The third-order valence-corrected chi connectivity index (χ3v) is 4.48. The monoisotopic (exact) mass is 352 g/mol. The third-order valence-electron chi connectivity index (χ3n) is 4.17. The maximum absolute atomic E-state index is 13.4. The van der Waals surface area contributed by atoms with Crippen LogP contribution >= 0.6 is 11.6 Å². The highest BCUT2D eigenvalue weighted by molar-refractivity contribution is 6.33. The molecule has 126 valence electrons. The van der Waals surface area contributed by atoms with Gasteiger partial charge in [-0.3, -0.25) is 9.78 Å². The molecule has 24 heavy (non-hydrogen) atoms. The van der Waals surface area contributed by atoms with Gasteiger partial charge in [0.15, 0.2) is 11.6 Å². The summed E-state index contributed by atoms with van der Waals surface area (Å²) in [5.41, 5.74) is 0.498. The van der Waals surface area contributed by atoms with E-state index in [9.17, 15) is 18.7 Å². The number of nitrogens with one attached hydrogen (secondary N) is 1. The van der Waals surface area contributed by atoms with Crippen LogP contribution in [-0.4, -0.2) is 22.1 Å². The standard InChI is InChI=1S/C17H15ClF2N2O2/c18-12-8-14(20)13(19)7-11(12)17(24)22-16(9-5-10(23)6-9)15-3-1-2-4-21-15/h1-4,7-10,16,23H,5-6H2,(H,22,24)/t9?,10?,16-/m1/s1. The van der Waals surface area contributed by atoms with E-state index >= 15 is 0 Å². The molecule has 1 aromatic heterocycles. The maximum atomic E-state index is 13.4. The van der Waals surface area contributed by atoms with Crippen LogP contribution in [0.2, 0.25) is 5.02 Å². The fraction of sp³-hybridized carbons (Fsp3) is 0.294. The smallest absolute Gasteiger partial charge is 0.253 e. The van der Waals surface area contributed by atoms with E-state index in [0.29, 0.717) is 18.5 Å². The number of aliphatic hydroxyl groups is 1. The molecule has 0 aliphatic heterocycles. The first-order chi connectivity index (χ1) is 11.5. The second-order valence-corrected chi connectivity index (χ2v) is 6.24. The summed E-state index contributed by atoms with van der Waals surface area (Å²) in [6.07, 6.45) is 2.28. The molecule has 0 spiro atoms. The van der Waals surface area contributed by atoms with Crippen molar-refractivity contribution in [3.05, 3.63) is 64.4 Å². The second-order valence-electron chi connectivity index (χ2n) is 5.84. The molecule has 0 radical (unpaired) electrons. The van der Waals surface area contributed by atoms with Crippen LogP contribution in [0.4, 0.5) is 8.78 Å². The van der Waals surface area contributed by atoms with Crippen molar-refractivity contribution in [2.24, 2.45) is 5.92 Å². The number of amides is 1. The molecule has 7 heteroatoms. The zero-order valence-electron chi connectivity index (χ0n) is 12.5. The topological polar surface area (TPSA) is 62.2 Å². The molecule has 1 aliphatic rings. The molecule has 0 unspecified atom stereocenters. The molecule has 1 saturated carbocycles. The highest BCUT2D eigenvalue weighted by Gasteiger charge is 2.36. The number of pyridine rings is 1. The van der Waals surface area contributed by atoms with Crippen molar-refractivity contribution in [2.45, 2.75) is 25.0 Å². The third kappa shape index (κ3) is 3.39. The number of carbonyl (C=O) groups is 1. The largest absolute Gasteiger partial charge is 0.393 e. The molecule has 3 rings (SSSR count). The average Bonchev–Trinajstić information content (AvgIpc) is 2.54. The van der Waals surface area contributed by atoms with Crippen LogP contribution in [0.5, 0.6) is 0 Å². The number of aliphatic hydroxyl groups excluding tert-OH is 1. The number of halogens is 3. The van der Waals surface area contributed by atoms with Crippen molar-refractivity contribution >= 4 is 17.5 Å². The fourth-order valence-electron chi connectivity index (χ4n) is 2.81. The molecule has 1 aromatic carbocycles. The minimum absolute atomic E-state index is 0.0166. The van der Waals surface area contributed by atoms with E-state index in [-0.39, 0.29) is 16.5 Å². The number of hydrogen-bond donors (Lipinski definition) is 2. The number of rotatable bonds is 4. The van der Waals surface area contributed by atoms with Crippen LogP contribution in [0.15, 0.2) is 36.5 Å². The summed E-state index contributed by atoms with van der Waals surface area (Å²) in [5, 5.41) is 12.1. The number of aromatic nitrogens is 1. The minimum Gasteiger partial charge on any atom is -0.393 e. The Morgan fingerprint density at radius 2 is 2.00 bits per heavy atom. The second kappa shape index (κ2) is 6.83. The van der Waals surface area contributed by atoms with Crippen molar-refractivity contribution in [1.82, 2.24) is 10.3 Å². The molecule has 4 nitrogen and oxygen atoms in total. The van der Waals surface area contributed by atoms with Gasteiger partial charge in [-0.2, -0.15) is 0 Å². The Balaban J connectivity index is 1.85. The molecule has 0 saturated heterocycles. The van der Waals surface area contributed by atoms with E-state index in [0.717, 1.165) is 12.1 Å². The Hall–Kier alpha value is -2.05. The zero-order valence-corrected chi connectivity index (χ0v) is 13.3. The van der Waals surface area contributed by atoms with Gasteiger partial charge in [-0.05, 0) is 43.0 Å². The fourth-order valence-corrected chi connectivity index (χ4v) is 3.05. The SMILES string of the molecule is O=C(N[C@@H](c1ccccn1)C1CC(O)C1)c1cc(F)c(F)cc1Cl. The van der Waals surface area contributed by atoms with Gasteiger partial charge in [-0.25, -0.2) is 8.78 Å². The van der Waals surface area contributed by atoms with Gasteiger partial charge in [-0.1, -0.05) is 17.7 Å². The van der Waals surface area contributed by atoms with Crippen LogP contribution in [0.1, 0.15) is 34.9 Å². The quantitative estimate of drug-likeness (QED) is 0.830. The van der Waals surface area contributed by atoms with Gasteiger partial charge in [0.05, 0.1) is 28.4 Å². The normalized spacial score (nSPS) is 21.0. The first-order valence-corrected chi connectivity index (χ1v) is 7.88. The highest BCUT2D eigenvalue weighted by atomic mass is 35.5. The Morgan fingerprint density at radius 1 is 1.29 bits per heavy atom. The van der Waals surface area contributed by atoms with Gasteiger partial charge in [0.2, 0.25) is 0 Å². The summed E-state index contributed by atoms with van der Waals surface area (Å²) in [7, 11) is 0. The lowest BCUT2D eigenvalue weighted by Crippen LogP contribution is -2.41. The van der Waals surface area contributed by atoms with E-state index in [2.05, 4.69) is 10.3 Å². The molecule has 1 heterocycles. The first kappa shape index (κ1) is 16.8. The summed E-state index contributed by atoms with van der Waals surface area (Å²) in [4.78, 5) is 16.7. The lowest BCUT2D eigenvalue weighted by Gasteiger charge is -2.37. The van der Waals surface area contributed by atoms with Gasteiger partial charge < -0.3 is 10.4 Å². The highest BCUT2D eigenvalue weighted by Crippen LogP contribution is 2.37. The van der Waals surface area contributed by atoms with Gasteiger partial charge in [0, 0.05) is 6.20 Å². The summed E-state index contributed by atoms with van der Waals surface area (Å²) in [5.74, 6) is -2.85. The molecule has 1 atom stereocenters. The van der Waals surface area contributed by atoms with E-state index < -0.39 is 29.7 Å². The number of hydrogen-bond acceptors (Lipinski definition) is 3. The summed E-state index contributed by atoms with van der Waals surface area (Å²) >= 11 is 5.85. The predicted molar refractivity (Wildman–Crippen MR) is 84.5 cm³/mol. The molecule has 2 N–H and O–H groups in total. The van der Waals surface area contributed by atoms with Crippen molar-refractivity contribution in [2.75, 3.05) is 0 Å². The van der Waals surface area contributed by atoms with Gasteiger partial charge >= 0.3 is 0 Å². The zero-order chi connectivity index (χ0) is 17.3.